The molecule has 0 spiro atoms. The van der Waals surface area contributed by atoms with Crippen LogP contribution in [0.25, 0.3) is 0 Å². The summed E-state index contributed by atoms with van der Waals surface area (Å²) in [6, 6.07) is 16.6. The van der Waals surface area contributed by atoms with Crippen LogP contribution in [0.3, 0.4) is 0 Å². The van der Waals surface area contributed by atoms with E-state index in [2.05, 4.69) is 10.6 Å². The van der Waals surface area contributed by atoms with Crippen LogP contribution in [0.15, 0.2) is 54.6 Å². The van der Waals surface area contributed by atoms with E-state index in [0.29, 0.717) is 17.7 Å². The first-order valence-corrected chi connectivity index (χ1v) is 9.01. The number of benzene rings is 2. The lowest BCUT2D eigenvalue weighted by atomic mass is 10.1. The predicted molar refractivity (Wildman–Crippen MR) is 101 cm³/mol. The third kappa shape index (κ3) is 5.95. The van der Waals surface area contributed by atoms with Gasteiger partial charge in [0.05, 0.1) is 11.3 Å². The van der Waals surface area contributed by atoms with Crippen molar-refractivity contribution in [2.24, 2.45) is 0 Å². The van der Waals surface area contributed by atoms with Crippen molar-refractivity contribution in [3.05, 3.63) is 65.7 Å². The van der Waals surface area contributed by atoms with Crippen LogP contribution in [-0.4, -0.2) is 30.4 Å². The Labute approximate surface area is 157 Å². The average molecular weight is 366 g/mol. The first-order valence-electron chi connectivity index (χ1n) is 9.01. The summed E-state index contributed by atoms with van der Waals surface area (Å²) in [4.78, 5) is 36.1. The van der Waals surface area contributed by atoms with E-state index >= 15 is 0 Å². The molecule has 2 aromatic rings. The Morgan fingerprint density at radius 2 is 1.67 bits per heavy atom. The highest BCUT2D eigenvalue weighted by molar-refractivity contribution is 6.04. The zero-order valence-corrected chi connectivity index (χ0v) is 14.9. The molecule has 1 fully saturated rings. The molecule has 0 unspecified atom stereocenters. The summed E-state index contributed by atoms with van der Waals surface area (Å²) in [6.07, 6.45) is 2.74. The van der Waals surface area contributed by atoms with Crippen molar-refractivity contribution in [3.8, 4) is 0 Å². The number of rotatable bonds is 8. The van der Waals surface area contributed by atoms with Crippen LogP contribution in [-0.2, 0) is 20.7 Å². The molecule has 2 aromatic carbocycles. The van der Waals surface area contributed by atoms with Crippen LogP contribution in [0.2, 0.25) is 0 Å². The van der Waals surface area contributed by atoms with E-state index in [0.717, 1.165) is 18.4 Å². The molecule has 2 N–H and O–H groups in total. The van der Waals surface area contributed by atoms with E-state index in [-0.39, 0.29) is 25.0 Å². The lowest BCUT2D eigenvalue weighted by Gasteiger charge is -2.11. The Balaban J connectivity index is 1.46. The third-order valence-electron chi connectivity index (χ3n) is 4.18. The lowest BCUT2D eigenvalue weighted by molar-refractivity contribution is -0.147. The van der Waals surface area contributed by atoms with Gasteiger partial charge < -0.3 is 15.4 Å². The zero-order valence-electron chi connectivity index (χ0n) is 14.9. The second-order valence-corrected chi connectivity index (χ2v) is 6.49. The topological polar surface area (TPSA) is 84.5 Å². The molecule has 6 heteroatoms. The van der Waals surface area contributed by atoms with Gasteiger partial charge in [-0.05, 0) is 37.0 Å². The Morgan fingerprint density at radius 3 is 2.41 bits per heavy atom. The maximum absolute atomic E-state index is 12.2. The molecule has 0 aromatic heterocycles. The van der Waals surface area contributed by atoms with E-state index in [1.165, 1.54) is 0 Å². The number of carbonyl (C=O) groups excluding carboxylic acids is 3. The van der Waals surface area contributed by atoms with Crippen molar-refractivity contribution in [1.82, 2.24) is 5.32 Å². The van der Waals surface area contributed by atoms with Crippen molar-refractivity contribution in [3.63, 3.8) is 0 Å². The van der Waals surface area contributed by atoms with Crippen molar-refractivity contribution >= 4 is 23.5 Å². The van der Waals surface area contributed by atoms with Gasteiger partial charge in [0.2, 0.25) is 0 Å². The molecule has 3 rings (SSSR count). The van der Waals surface area contributed by atoms with Crippen LogP contribution in [0.4, 0.5) is 5.69 Å². The number of amides is 2. The van der Waals surface area contributed by atoms with Crippen molar-refractivity contribution in [1.29, 1.82) is 0 Å². The standard InChI is InChI=1S/C21H22N2O4/c24-19(14-27-20(25)13-10-15-6-2-1-3-7-15)23-18-9-5-4-8-17(18)21(26)22-16-11-12-16/h1-9,16H,10-14H2,(H,22,26)(H,23,24). The monoisotopic (exact) mass is 366 g/mol. The number of hydrogen-bond donors (Lipinski definition) is 2. The maximum Gasteiger partial charge on any atom is 0.306 e. The van der Waals surface area contributed by atoms with Crippen molar-refractivity contribution in [2.75, 3.05) is 11.9 Å². The second-order valence-electron chi connectivity index (χ2n) is 6.49. The highest BCUT2D eigenvalue weighted by Gasteiger charge is 2.25. The first-order chi connectivity index (χ1) is 13.1. The SMILES string of the molecule is O=C(COC(=O)CCc1ccccc1)Nc1ccccc1C(=O)NC1CC1. The van der Waals surface area contributed by atoms with Gasteiger partial charge in [0.15, 0.2) is 6.61 Å². The predicted octanol–water partition coefficient (Wildman–Crippen LogP) is 2.69. The van der Waals surface area contributed by atoms with Crippen LogP contribution in [0.1, 0.15) is 35.2 Å². The van der Waals surface area contributed by atoms with E-state index in [9.17, 15) is 14.4 Å². The molecule has 0 aliphatic heterocycles. The van der Waals surface area contributed by atoms with Crippen molar-refractivity contribution < 1.29 is 19.1 Å². The number of aryl methyl sites for hydroxylation is 1. The van der Waals surface area contributed by atoms with Gasteiger partial charge in [-0.2, -0.15) is 0 Å². The molecule has 0 saturated heterocycles. The normalized spacial score (nSPS) is 12.9. The number of ether oxygens (including phenoxy) is 1. The summed E-state index contributed by atoms with van der Waals surface area (Å²) in [5.74, 6) is -1.13. The molecule has 1 aliphatic carbocycles. The van der Waals surface area contributed by atoms with Gasteiger partial charge >= 0.3 is 5.97 Å². The van der Waals surface area contributed by atoms with E-state index in [4.69, 9.17) is 4.74 Å². The molecule has 6 nitrogen and oxygen atoms in total. The largest absolute Gasteiger partial charge is 0.456 e. The minimum atomic E-state index is -0.477. The highest BCUT2D eigenvalue weighted by Crippen LogP contribution is 2.21. The van der Waals surface area contributed by atoms with Crippen LogP contribution >= 0.6 is 0 Å². The van der Waals surface area contributed by atoms with Gasteiger partial charge in [0.25, 0.3) is 11.8 Å². The Bertz CT molecular complexity index is 816. The number of anilines is 1. The van der Waals surface area contributed by atoms with Gasteiger partial charge in [0.1, 0.15) is 0 Å². The fraction of sp³-hybridized carbons (Fsp3) is 0.286. The zero-order chi connectivity index (χ0) is 19.1. The fourth-order valence-electron chi connectivity index (χ4n) is 2.58. The quantitative estimate of drug-likeness (QED) is 0.704. The molecule has 140 valence electrons. The maximum atomic E-state index is 12.2. The molecule has 2 amide bonds. The molecule has 0 heterocycles. The molecule has 0 radical (unpaired) electrons. The van der Waals surface area contributed by atoms with Gasteiger partial charge in [-0.3, -0.25) is 14.4 Å². The molecule has 1 saturated carbocycles. The van der Waals surface area contributed by atoms with Gasteiger partial charge in [-0.25, -0.2) is 0 Å². The van der Waals surface area contributed by atoms with Gasteiger partial charge in [-0.15, -0.1) is 0 Å². The minimum absolute atomic E-state index is 0.206. The van der Waals surface area contributed by atoms with Crippen LogP contribution in [0, 0.1) is 0 Å². The number of para-hydroxylation sites is 1. The lowest BCUT2D eigenvalue weighted by Crippen LogP contribution is -2.28. The second kappa shape index (κ2) is 8.98. The third-order valence-corrected chi connectivity index (χ3v) is 4.18. The smallest absolute Gasteiger partial charge is 0.306 e. The molecule has 0 atom stereocenters. The average Bonchev–Trinajstić information content (AvgIpc) is 3.50. The Morgan fingerprint density at radius 1 is 0.963 bits per heavy atom. The van der Waals surface area contributed by atoms with Crippen LogP contribution in [0.5, 0.6) is 0 Å². The Hall–Kier alpha value is -3.15. The van der Waals surface area contributed by atoms with E-state index < -0.39 is 11.9 Å². The summed E-state index contributed by atoms with van der Waals surface area (Å²) in [5, 5.41) is 5.53. The number of carbonyl (C=O) groups is 3. The highest BCUT2D eigenvalue weighted by atomic mass is 16.5. The minimum Gasteiger partial charge on any atom is -0.456 e. The molecule has 1 aliphatic rings. The number of hydrogen-bond acceptors (Lipinski definition) is 4. The molecular formula is C21H22N2O4. The number of esters is 1. The van der Waals surface area contributed by atoms with E-state index in [1.54, 1.807) is 24.3 Å². The van der Waals surface area contributed by atoms with E-state index in [1.807, 2.05) is 30.3 Å². The molecular weight excluding hydrogens is 344 g/mol. The van der Waals surface area contributed by atoms with Gasteiger partial charge in [-0.1, -0.05) is 42.5 Å². The summed E-state index contributed by atoms with van der Waals surface area (Å²) >= 11 is 0. The summed E-state index contributed by atoms with van der Waals surface area (Å²) in [7, 11) is 0. The Kier molecular flexibility index (Phi) is 6.20. The van der Waals surface area contributed by atoms with Crippen molar-refractivity contribution in [2.45, 2.75) is 31.7 Å². The molecule has 27 heavy (non-hydrogen) atoms. The summed E-state index contributed by atoms with van der Waals surface area (Å²) in [5.41, 5.74) is 1.84. The summed E-state index contributed by atoms with van der Waals surface area (Å²) in [6.45, 7) is -0.383. The van der Waals surface area contributed by atoms with Gasteiger partial charge in [0, 0.05) is 12.5 Å². The molecule has 0 bridgehead atoms. The van der Waals surface area contributed by atoms with Crippen LogP contribution < -0.4 is 10.6 Å². The summed E-state index contributed by atoms with van der Waals surface area (Å²) < 4.78 is 5.02. The first kappa shape index (κ1) is 18.6. The number of nitrogens with one attached hydrogen (secondary N) is 2. The fourth-order valence-corrected chi connectivity index (χ4v) is 2.58.